The van der Waals surface area contributed by atoms with Gasteiger partial charge in [-0.25, -0.2) is 24.7 Å². The highest BCUT2D eigenvalue weighted by Crippen LogP contribution is 2.27. The van der Waals surface area contributed by atoms with E-state index < -0.39 is 5.97 Å². The Morgan fingerprint density at radius 3 is 1.66 bits per heavy atom. The second-order valence-corrected chi connectivity index (χ2v) is 14.7. The molecule has 0 spiro atoms. The van der Waals surface area contributed by atoms with Crippen molar-refractivity contribution in [2.45, 2.75) is 60.9 Å². The largest absolute Gasteiger partial charge is 0.476 e. The van der Waals surface area contributed by atoms with E-state index in [1.54, 1.807) is 5.38 Å². The Bertz CT molecular complexity index is 2050. The summed E-state index contributed by atoms with van der Waals surface area (Å²) in [5.41, 5.74) is 10.5. The fraction of sp³-hybridized carbons (Fsp3) is 0.317. The lowest BCUT2D eigenvalue weighted by molar-refractivity contribution is 0.0691. The fourth-order valence-electron chi connectivity index (χ4n) is 5.05. The van der Waals surface area contributed by atoms with Crippen LogP contribution in [0.25, 0.3) is 0 Å². The van der Waals surface area contributed by atoms with Crippen LogP contribution in [0.4, 0.5) is 11.4 Å². The maximum absolute atomic E-state index is 12.4. The zero-order valence-electron chi connectivity index (χ0n) is 31.8. The molecule has 12 heteroatoms. The lowest BCUT2D eigenvalue weighted by atomic mass is 10.0. The van der Waals surface area contributed by atoms with Crippen molar-refractivity contribution in [1.82, 2.24) is 25.1 Å². The molecule has 5 rings (SSSR count). The van der Waals surface area contributed by atoms with Crippen molar-refractivity contribution in [3.05, 3.63) is 126 Å². The van der Waals surface area contributed by atoms with Gasteiger partial charge in [0.1, 0.15) is 5.69 Å². The zero-order chi connectivity index (χ0) is 38.5. The number of carbonyl (C=O) groups excluding carboxylic acids is 1. The molecule has 0 fully saturated rings. The van der Waals surface area contributed by atoms with Gasteiger partial charge in [0.25, 0.3) is 5.91 Å². The summed E-state index contributed by atoms with van der Waals surface area (Å²) in [6.45, 7) is 14.8. The highest BCUT2D eigenvalue weighted by Gasteiger charge is 2.14. The number of carboxylic acids is 1. The average Bonchev–Trinajstić information content (AvgIpc) is 3.83. The molecule has 0 atom stereocenters. The summed E-state index contributed by atoms with van der Waals surface area (Å²) in [6, 6.07) is 18.3. The van der Waals surface area contributed by atoms with Gasteiger partial charge in [0.05, 0.1) is 34.1 Å². The number of aryl methyl sites for hydroxylation is 4. The summed E-state index contributed by atoms with van der Waals surface area (Å²) in [5, 5.41) is 17.0. The number of nitrogens with one attached hydrogen (secondary N) is 1. The Balaban J connectivity index is 0.000000245. The first kappa shape index (κ1) is 40.6. The van der Waals surface area contributed by atoms with Gasteiger partial charge in [-0.1, -0.05) is 42.5 Å². The number of nitrogens with zero attached hydrogens (tertiary/aromatic N) is 6. The van der Waals surface area contributed by atoms with Crippen molar-refractivity contribution in [3.8, 4) is 0 Å². The first-order valence-corrected chi connectivity index (χ1v) is 19.3. The van der Waals surface area contributed by atoms with Crippen LogP contribution in [0.2, 0.25) is 0 Å². The molecule has 0 saturated carbocycles. The van der Waals surface area contributed by atoms with Gasteiger partial charge >= 0.3 is 5.97 Å². The normalized spacial score (nSPS) is 11.1. The second-order valence-electron chi connectivity index (χ2n) is 12.8. The van der Waals surface area contributed by atoms with Crippen molar-refractivity contribution in [2.75, 3.05) is 27.2 Å². The van der Waals surface area contributed by atoms with Gasteiger partial charge in [-0.05, 0) is 92.6 Å². The minimum Gasteiger partial charge on any atom is -0.476 e. The Hall–Kier alpha value is -5.20. The molecule has 10 nitrogen and oxygen atoms in total. The number of hydrogen-bond acceptors (Lipinski definition) is 8. The molecule has 2 aromatic heterocycles. The number of aromatic carboxylic acids is 1. The molecule has 0 aliphatic heterocycles. The van der Waals surface area contributed by atoms with Crippen LogP contribution in [-0.4, -0.2) is 76.6 Å². The molecule has 0 unspecified atom stereocenters. The molecule has 53 heavy (non-hydrogen) atoms. The van der Waals surface area contributed by atoms with Gasteiger partial charge in [-0.15, -0.1) is 22.7 Å². The maximum Gasteiger partial charge on any atom is 0.355 e. The third kappa shape index (κ3) is 12.2. The molecule has 0 saturated heterocycles. The molecular formula is C41H49N7O3S2. The Morgan fingerprint density at radius 2 is 1.21 bits per heavy atom. The number of aromatic nitrogens is 2. The maximum atomic E-state index is 12.4. The first-order valence-electron chi connectivity index (χ1n) is 17.5. The number of aliphatic imine (C=N–C) groups is 2. The van der Waals surface area contributed by atoms with Crippen LogP contribution in [0.15, 0.2) is 75.3 Å². The van der Waals surface area contributed by atoms with Crippen LogP contribution in [0.5, 0.6) is 0 Å². The van der Waals surface area contributed by atoms with E-state index >= 15 is 0 Å². The number of rotatable bonds is 14. The van der Waals surface area contributed by atoms with Crippen molar-refractivity contribution in [1.29, 1.82) is 0 Å². The van der Waals surface area contributed by atoms with Crippen LogP contribution in [0.1, 0.15) is 83.8 Å². The van der Waals surface area contributed by atoms with Gasteiger partial charge in [0.15, 0.2) is 5.69 Å². The number of benzene rings is 3. The topological polar surface area (TPSA) is 123 Å². The number of amides is 1. The molecule has 2 N–H and O–H groups in total. The van der Waals surface area contributed by atoms with E-state index in [2.05, 4.69) is 77.2 Å². The van der Waals surface area contributed by atoms with Crippen LogP contribution in [-0.2, 0) is 19.4 Å². The fourth-order valence-corrected chi connectivity index (χ4v) is 6.64. The summed E-state index contributed by atoms with van der Waals surface area (Å²) in [6.07, 6.45) is 5.05. The van der Waals surface area contributed by atoms with Crippen LogP contribution >= 0.6 is 22.7 Å². The first-order chi connectivity index (χ1) is 25.4. The van der Waals surface area contributed by atoms with Gasteiger partial charge in [0, 0.05) is 57.3 Å². The van der Waals surface area contributed by atoms with Crippen LogP contribution in [0, 0.1) is 27.7 Å². The van der Waals surface area contributed by atoms with Gasteiger partial charge in [0.2, 0.25) is 0 Å². The van der Waals surface area contributed by atoms with Crippen molar-refractivity contribution in [3.63, 3.8) is 0 Å². The highest BCUT2D eigenvalue weighted by atomic mass is 32.1. The van der Waals surface area contributed by atoms with Crippen molar-refractivity contribution in [2.24, 2.45) is 9.98 Å². The van der Waals surface area contributed by atoms with E-state index in [0.717, 1.165) is 62.3 Å². The minimum absolute atomic E-state index is 0.114. The summed E-state index contributed by atoms with van der Waals surface area (Å²) >= 11 is 2.90. The Kier molecular flexibility index (Phi) is 15.0. The molecule has 2 heterocycles. The van der Waals surface area contributed by atoms with Crippen LogP contribution < -0.4 is 5.32 Å². The summed E-state index contributed by atoms with van der Waals surface area (Å²) in [5.74, 6) is -1.12. The lowest BCUT2D eigenvalue weighted by Crippen LogP contribution is -2.23. The van der Waals surface area contributed by atoms with E-state index in [1.165, 1.54) is 33.8 Å². The number of thiazole rings is 2. The number of hydrogen-bond donors (Lipinski definition) is 2. The molecule has 0 bridgehead atoms. The molecule has 0 aliphatic rings. The van der Waals surface area contributed by atoms with E-state index in [9.17, 15) is 9.59 Å². The van der Waals surface area contributed by atoms with E-state index in [1.807, 2.05) is 86.1 Å². The zero-order valence-corrected chi connectivity index (χ0v) is 33.4. The molecule has 3 aromatic carbocycles. The highest BCUT2D eigenvalue weighted by molar-refractivity contribution is 7.10. The van der Waals surface area contributed by atoms with E-state index in [0.29, 0.717) is 25.1 Å². The Labute approximate surface area is 321 Å². The van der Waals surface area contributed by atoms with Crippen LogP contribution in [0.3, 0.4) is 0 Å². The Morgan fingerprint density at radius 1 is 0.736 bits per heavy atom. The third-order valence-electron chi connectivity index (χ3n) is 8.63. The van der Waals surface area contributed by atoms with E-state index in [4.69, 9.17) is 5.11 Å². The predicted octanol–water partition coefficient (Wildman–Crippen LogP) is 8.55. The van der Waals surface area contributed by atoms with E-state index in [-0.39, 0.29) is 11.6 Å². The average molecular weight is 752 g/mol. The summed E-state index contributed by atoms with van der Waals surface area (Å²) in [7, 11) is 4.00. The lowest BCUT2D eigenvalue weighted by Gasteiger charge is -2.11. The smallest absolute Gasteiger partial charge is 0.355 e. The van der Waals surface area contributed by atoms with Gasteiger partial charge < -0.3 is 20.2 Å². The molecule has 0 aliphatic carbocycles. The summed E-state index contributed by atoms with van der Waals surface area (Å²) in [4.78, 5) is 45.2. The SMILES string of the molecule is CCN(C)C=Nc1cc(C)c(Cc2nc(C(=O)NCc3ccccc3)cs2)cc1C.CCN(C)C=Nc1cc(C)c(Cc2nc(C(=O)O)cs2)cc1C. The molecule has 0 radical (unpaired) electrons. The van der Waals surface area contributed by atoms with Crippen molar-refractivity contribution < 1.29 is 14.7 Å². The molecule has 278 valence electrons. The predicted molar refractivity (Wildman–Crippen MR) is 219 cm³/mol. The molecule has 1 amide bonds. The molecular weight excluding hydrogens is 703 g/mol. The second kappa shape index (κ2) is 19.6. The molecule has 5 aromatic rings. The number of carboxylic acid groups (broad SMARTS) is 1. The number of carbonyl (C=O) groups is 2. The van der Waals surface area contributed by atoms with Gasteiger partial charge in [-0.3, -0.25) is 4.79 Å². The monoisotopic (exact) mass is 751 g/mol. The van der Waals surface area contributed by atoms with Gasteiger partial charge in [-0.2, -0.15) is 0 Å². The van der Waals surface area contributed by atoms with Crippen molar-refractivity contribution >= 4 is 58.6 Å². The standard InChI is InChI=1S/C24H28N4OS.C17H21N3O2S/c1-5-28(4)16-26-21-12-17(2)20(11-18(21)3)13-23-27-22(15-30-23)24(29)25-14-19-9-7-6-8-10-19;1-5-20(4)10-18-14-7-11(2)13(6-12(14)3)8-16-19-15(9-23-16)17(21)22/h6-12,15-16H,5,13-14H2,1-4H3,(H,25,29);6-7,9-10H,5,8H2,1-4H3,(H,21,22). The quantitative estimate of drug-likeness (QED) is 0.0861. The minimum atomic E-state index is -0.981. The summed E-state index contributed by atoms with van der Waals surface area (Å²) < 4.78 is 0. The third-order valence-corrected chi connectivity index (χ3v) is 10.3.